The predicted molar refractivity (Wildman–Crippen MR) is 226 cm³/mol. The molecule has 0 spiro atoms. The fourth-order valence-corrected chi connectivity index (χ4v) is 8.77. The van der Waals surface area contributed by atoms with Crippen LogP contribution in [0.25, 0.3) is 11.0 Å². The molecule has 1 fully saturated rings. The van der Waals surface area contributed by atoms with E-state index in [2.05, 4.69) is 121 Å². The predicted octanol–water partition coefficient (Wildman–Crippen LogP) is 10.5. The van der Waals surface area contributed by atoms with Crippen LogP contribution in [0.5, 0.6) is 0 Å². The van der Waals surface area contributed by atoms with Gasteiger partial charge in [-0.25, -0.2) is 9.67 Å². The van der Waals surface area contributed by atoms with E-state index < -0.39 is 8.32 Å². The molecule has 294 valence electrons. The number of hydrogen-bond donors (Lipinski definition) is 2. The van der Waals surface area contributed by atoms with Gasteiger partial charge in [-0.2, -0.15) is 5.10 Å². The molecule has 0 bridgehead atoms. The van der Waals surface area contributed by atoms with Gasteiger partial charge in [-0.15, -0.1) is 0 Å². The van der Waals surface area contributed by atoms with E-state index in [0.717, 1.165) is 92.7 Å². The molecule has 5 rings (SSSR count). The van der Waals surface area contributed by atoms with E-state index in [-0.39, 0.29) is 22.5 Å². The number of carbonyl (C=O) groups is 1. The van der Waals surface area contributed by atoms with Crippen molar-refractivity contribution in [2.45, 2.75) is 151 Å². The smallest absolute Gasteiger partial charge is 0.251 e. The van der Waals surface area contributed by atoms with Gasteiger partial charge in [-0.05, 0) is 117 Å². The number of rotatable bonds is 16. The molecule has 1 aliphatic heterocycles. The molecule has 0 saturated carbocycles. The Kier molecular flexibility index (Phi) is 13.5. The summed E-state index contributed by atoms with van der Waals surface area (Å²) >= 11 is 0. The molecule has 4 aromatic rings. The number of anilines is 1. The third-order valence-electron chi connectivity index (χ3n) is 11.9. The summed E-state index contributed by atoms with van der Waals surface area (Å²) in [5.41, 5.74) is 9.83. The molecule has 2 N–H and O–H groups in total. The van der Waals surface area contributed by atoms with Crippen molar-refractivity contribution in [2.24, 2.45) is 5.41 Å². The Morgan fingerprint density at radius 2 is 1.78 bits per heavy atom. The Hall–Kier alpha value is -3.53. The first kappa shape index (κ1) is 41.6. The molecule has 8 nitrogen and oxygen atoms in total. The lowest BCUT2D eigenvalue weighted by Gasteiger charge is -2.40. The first-order valence-corrected chi connectivity index (χ1v) is 23.3. The summed E-state index contributed by atoms with van der Waals surface area (Å²) < 4.78 is 14.7. The summed E-state index contributed by atoms with van der Waals surface area (Å²) in [6.45, 7) is 27.6. The maximum atomic E-state index is 13.8. The second-order valence-electron chi connectivity index (χ2n) is 17.7. The zero-order chi connectivity index (χ0) is 39.3. The van der Waals surface area contributed by atoms with Gasteiger partial charge in [0.05, 0.1) is 23.4 Å². The minimum absolute atomic E-state index is 0.00714. The van der Waals surface area contributed by atoms with Crippen molar-refractivity contribution < 1.29 is 14.0 Å². The van der Waals surface area contributed by atoms with E-state index in [9.17, 15) is 4.79 Å². The highest BCUT2D eigenvalue weighted by atomic mass is 28.4. The van der Waals surface area contributed by atoms with Crippen LogP contribution in [0.15, 0.2) is 48.7 Å². The minimum Gasteiger partial charge on any atom is -0.410 e. The van der Waals surface area contributed by atoms with Gasteiger partial charge in [-0.1, -0.05) is 78.8 Å². The van der Waals surface area contributed by atoms with Crippen molar-refractivity contribution in [3.63, 3.8) is 0 Å². The van der Waals surface area contributed by atoms with E-state index in [0.29, 0.717) is 18.2 Å². The second-order valence-corrected chi connectivity index (χ2v) is 22.4. The molecule has 2 aromatic carbocycles. The fourth-order valence-electron chi connectivity index (χ4n) is 7.46. The number of aryl methyl sites for hydroxylation is 4. The number of amides is 1. The Morgan fingerprint density at radius 3 is 2.44 bits per heavy atom. The summed E-state index contributed by atoms with van der Waals surface area (Å²) in [6.07, 6.45) is 8.45. The zero-order valence-electron chi connectivity index (χ0n) is 35.1. The lowest BCUT2D eigenvalue weighted by Crippen LogP contribution is -2.42. The van der Waals surface area contributed by atoms with Crippen LogP contribution in [0.3, 0.4) is 0 Å². The number of nitrogens with one attached hydrogen (secondary N) is 2. The summed E-state index contributed by atoms with van der Waals surface area (Å²) in [5.74, 6) is -0.0768. The molecule has 9 heteroatoms. The Balaban J connectivity index is 1.31. The second kappa shape index (κ2) is 17.5. The normalized spacial score (nSPS) is 15.1. The molecule has 2 aromatic heterocycles. The Labute approximate surface area is 326 Å². The SMILES string of the molecule is CCc1cc([C@H](CCC(C)(C)Cc2cccc(C(=O)NCc3c(CC)nc4c(cnn4CC)c3NC3CCOCC3)c2)O[Si](C)(C)C(C)(C)C)ccc1C. The van der Waals surface area contributed by atoms with Crippen molar-refractivity contribution in [3.05, 3.63) is 87.7 Å². The molecule has 0 aliphatic carbocycles. The molecule has 3 heterocycles. The third-order valence-corrected chi connectivity index (χ3v) is 16.4. The summed E-state index contributed by atoms with van der Waals surface area (Å²) in [4.78, 5) is 18.9. The Morgan fingerprint density at radius 1 is 1.04 bits per heavy atom. The van der Waals surface area contributed by atoms with Crippen molar-refractivity contribution in [1.82, 2.24) is 20.1 Å². The number of hydrogen-bond acceptors (Lipinski definition) is 6. The monoisotopic (exact) mass is 754 g/mol. The average Bonchev–Trinajstić information content (AvgIpc) is 3.55. The van der Waals surface area contributed by atoms with Crippen molar-refractivity contribution >= 4 is 30.9 Å². The van der Waals surface area contributed by atoms with Crippen LogP contribution >= 0.6 is 0 Å². The average molecular weight is 754 g/mol. The fraction of sp³-hybridized carbons (Fsp3) is 0.578. The number of carbonyl (C=O) groups excluding carboxylic acids is 1. The lowest BCUT2D eigenvalue weighted by molar-refractivity contribution is 0.0904. The molecule has 1 atom stereocenters. The van der Waals surface area contributed by atoms with Crippen LogP contribution in [-0.2, 0) is 41.5 Å². The van der Waals surface area contributed by atoms with Crippen LogP contribution in [0.2, 0.25) is 18.1 Å². The molecule has 1 amide bonds. The van der Waals surface area contributed by atoms with Crippen LogP contribution < -0.4 is 10.6 Å². The van der Waals surface area contributed by atoms with Crippen LogP contribution in [0.4, 0.5) is 5.69 Å². The van der Waals surface area contributed by atoms with E-state index >= 15 is 0 Å². The molecule has 1 aliphatic rings. The largest absolute Gasteiger partial charge is 0.410 e. The van der Waals surface area contributed by atoms with E-state index in [4.69, 9.17) is 14.1 Å². The van der Waals surface area contributed by atoms with E-state index in [1.54, 1.807) is 0 Å². The van der Waals surface area contributed by atoms with Gasteiger partial charge in [0.25, 0.3) is 5.91 Å². The number of pyridine rings is 1. The van der Waals surface area contributed by atoms with Crippen LogP contribution in [0.1, 0.15) is 131 Å². The van der Waals surface area contributed by atoms with Gasteiger partial charge < -0.3 is 19.8 Å². The van der Waals surface area contributed by atoms with Crippen molar-refractivity contribution in [2.75, 3.05) is 18.5 Å². The van der Waals surface area contributed by atoms with Gasteiger partial charge in [0.1, 0.15) is 0 Å². The molecule has 54 heavy (non-hydrogen) atoms. The number of aromatic nitrogens is 3. The number of fused-ring (bicyclic) bond motifs is 1. The van der Waals surface area contributed by atoms with Crippen molar-refractivity contribution in [1.29, 1.82) is 0 Å². The summed E-state index contributed by atoms with van der Waals surface area (Å²) in [6, 6.07) is 15.4. The maximum absolute atomic E-state index is 13.8. The Bertz CT molecular complexity index is 1890. The highest BCUT2D eigenvalue weighted by Gasteiger charge is 2.40. The van der Waals surface area contributed by atoms with Gasteiger partial charge in [0.15, 0.2) is 14.0 Å². The highest BCUT2D eigenvalue weighted by Crippen LogP contribution is 2.42. The summed E-state index contributed by atoms with van der Waals surface area (Å²) in [5, 5.41) is 12.9. The van der Waals surface area contributed by atoms with Gasteiger partial charge in [0, 0.05) is 49.2 Å². The number of ether oxygens (including phenoxy) is 1. The molecular weight excluding hydrogens is 687 g/mol. The van der Waals surface area contributed by atoms with Crippen LogP contribution in [0, 0.1) is 12.3 Å². The topological polar surface area (TPSA) is 90.3 Å². The number of benzene rings is 2. The maximum Gasteiger partial charge on any atom is 0.251 e. The number of nitrogens with zero attached hydrogens (tertiary/aromatic N) is 3. The van der Waals surface area contributed by atoms with Crippen molar-refractivity contribution in [3.8, 4) is 0 Å². The molecular formula is C45H67N5O3Si. The first-order chi connectivity index (χ1) is 25.6. The molecule has 1 saturated heterocycles. The zero-order valence-corrected chi connectivity index (χ0v) is 36.1. The lowest BCUT2D eigenvalue weighted by atomic mass is 9.80. The molecule has 0 unspecified atom stereocenters. The summed E-state index contributed by atoms with van der Waals surface area (Å²) in [7, 11) is -2.01. The van der Waals surface area contributed by atoms with Gasteiger partial charge in [0.2, 0.25) is 0 Å². The van der Waals surface area contributed by atoms with Gasteiger partial charge >= 0.3 is 0 Å². The van der Waals surface area contributed by atoms with E-state index in [1.807, 2.05) is 23.0 Å². The first-order valence-electron chi connectivity index (χ1n) is 20.4. The standard InChI is InChI=1S/C45H67N5O3Si/c1-12-33-27-34(19-18-31(33)4)40(53-54(10,11)44(5,6)7)20-23-45(8,9)28-32-16-15-17-35(26-32)43(51)46-29-37-39(13-2)49-42-38(30-47-50(42)14-3)41(37)48-36-21-24-52-25-22-36/h15-19,26-27,30,36,40H,12-14,20-25,28-29H2,1-11H3,(H,46,51)(H,48,49)/t40-/m0/s1. The third kappa shape index (κ3) is 10.0. The highest BCUT2D eigenvalue weighted by molar-refractivity contribution is 6.74. The van der Waals surface area contributed by atoms with E-state index in [1.165, 1.54) is 22.3 Å². The minimum atomic E-state index is -2.01. The van der Waals surface area contributed by atoms with Crippen LogP contribution in [-0.4, -0.2) is 48.2 Å². The molecule has 0 radical (unpaired) electrons. The quantitative estimate of drug-likeness (QED) is 0.111. The van der Waals surface area contributed by atoms with Gasteiger partial charge in [-0.3, -0.25) is 4.79 Å².